The molecule has 0 aromatic carbocycles. The maximum absolute atomic E-state index is 6.28. The van der Waals surface area contributed by atoms with Crippen molar-refractivity contribution < 1.29 is 0 Å². The highest BCUT2D eigenvalue weighted by Crippen LogP contribution is 2.17. The Kier molecular flexibility index (Phi) is 9.43. The smallest absolute Gasteiger partial charge is 0.0584 e. The number of hydrogen-bond acceptors (Lipinski definition) is 4. The van der Waals surface area contributed by atoms with Gasteiger partial charge in [0, 0.05) is 19.1 Å². The van der Waals surface area contributed by atoms with Crippen molar-refractivity contribution in [3.8, 4) is 0 Å². The van der Waals surface area contributed by atoms with E-state index >= 15 is 0 Å². The normalized spacial score (nSPS) is 18.9. The van der Waals surface area contributed by atoms with Crippen molar-refractivity contribution in [3.63, 3.8) is 0 Å². The predicted molar refractivity (Wildman–Crippen MR) is 83.3 cm³/mol. The molecule has 19 heavy (non-hydrogen) atoms. The minimum atomic E-state index is 0.194. The highest BCUT2D eigenvalue weighted by atomic mass is 15.2. The fourth-order valence-electron chi connectivity index (χ4n) is 2.88. The molecule has 0 saturated heterocycles. The van der Waals surface area contributed by atoms with Crippen LogP contribution < -0.4 is 16.4 Å². The maximum atomic E-state index is 6.28. The van der Waals surface area contributed by atoms with Gasteiger partial charge in [-0.15, -0.1) is 0 Å². The first-order valence-corrected chi connectivity index (χ1v) is 8.21. The Bertz CT molecular complexity index is 204. The fraction of sp³-hybridized carbons (Fsp3) is 1.00. The average molecular weight is 270 g/mol. The molecule has 0 aromatic heterocycles. The lowest BCUT2D eigenvalue weighted by molar-refractivity contribution is 0.197. The monoisotopic (exact) mass is 270 g/mol. The van der Waals surface area contributed by atoms with Crippen molar-refractivity contribution in [2.75, 3.05) is 32.7 Å². The third-order valence-electron chi connectivity index (χ3n) is 4.18. The number of hydrogen-bond donors (Lipinski definition) is 3. The Balaban J connectivity index is 2.11. The van der Waals surface area contributed by atoms with Crippen molar-refractivity contribution in [1.29, 1.82) is 0 Å². The number of nitrogens with one attached hydrogen (secondary N) is 2. The third kappa shape index (κ3) is 7.25. The average Bonchev–Trinajstić information content (AvgIpc) is 2.44. The van der Waals surface area contributed by atoms with Gasteiger partial charge in [-0.1, -0.05) is 33.1 Å². The first-order valence-electron chi connectivity index (χ1n) is 8.21. The van der Waals surface area contributed by atoms with Gasteiger partial charge in [-0.3, -0.25) is 4.90 Å². The lowest BCUT2D eigenvalue weighted by Gasteiger charge is -2.29. The summed E-state index contributed by atoms with van der Waals surface area (Å²) in [6.07, 6.45) is 8.17. The van der Waals surface area contributed by atoms with E-state index in [1.807, 2.05) is 0 Å². The summed E-state index contributed by atoms with van der Waals surface area (Å²) in [5, 5.41) is 7.04. The summed E-state index contributed by atoms with van der Waals surface area (Å²) >= 11 is 0. The van der Waals surface area contributed by atoms with Crippen LogP contribution >= 0.6 is 0 Å². The molecule has 4 heteroatoms. The van der Waals surface area contributed by atoms with Crippen LogP contribution in [-0.2, 0) is 0 Å². The Labute approximate surface area is 119 Å². The zero-order valence-corrected chi connectivity index (χ0v) is 13.0. The lowest BCUT2D eigenvalue weighted by atomic mass is 9.95. The first kappa shape index (κ1) is 16.9. The number of rotatable bonds is 10. The number of nitrogens with two attached hydrogens (primary N) is 1. The van der Waals surface area contributed by atoms with Crippen molar-refractivity contribution >= 4 is 0 Å². The van der Waals surface area contributed by atoms with Gasteiger partial charge < -0.3 is 16.4 Å². The molecular weight excluding hydrogens is 236 g/mol. The molecule has 1 aliphatic rings. The van der Waals surface area contributed by atoms with Gasteiger partial charge in [-0.05, 0) is 38.9 Å². The Hall–Kier alpha value is -0.160. The summed E-state index contributed by atoms with van der Waals surface area (Å²) < 4.78 is 0. The van der Waals surface area contributed by atoms with Crippen molar-refractivity contribution in [1.82, 2.24) is 15.5 Å². The molecule has 0 aromatic rings. The summed E-state index contributed by atoms with van der Waals surface area (Å²) in [5.74, 6) is 0. The minimum absolute atomic E-state index is 0.194. The van der Waals surface area contributed by atoms with Crippen LogP contribution in [-0.4, -0.2) is 49.8 Å². The van der Waals surface area contributed by atoms with Crippen LogP contribution in [0, 0.1) is 0 Å². The van der Waals surface area contributed by atoms with Crippen molar-refractivity contribution in [2.45, 2.75) is 64.6 Å². The summed E-state index contributed by atoms with van der Waals surface area (Å²) in [5.41, 5.74) is 6.28. The van der Waals surface area contributed by atoms with Gasteiger partial charge in [0.2, 0.25) is 0 Å². The Morgan fingerprint density at radius 1 is 1.16 bits per heavy atom. The van der Waals surface area contributed by atoms with Gasteiger partial charge in [-0.2, -0.15) is 0 Å². The second-order valence-electron chi connectivity index (χ2n) is 5.63. The van der Waals surface area contributed by atoms with Gasteiger partial charge in [0.25, 0.3) is 0 Å². The number of nitrogens with zero attached hydrogens (tertiary/aromatic N) is 1. The molecule has 1 rings (SSSR count). The van der Waals surface area contributed by atoms with E-state index < -0.39 is 0 Å². The summed E-state index contributed by atoms with van der Waals surface area (Å²) in [6, 6.07) is 0.748. The SMILES string of the molecule is CCNCCN(CC)C(N)CCNC1CCCCC1. The fourth-order valence-corrected chi connectivity index (χ4v) is 2.88. The molecule has 114 valence electrons. The van der Waals surface area contributed by atoms with Crippen LogP contribution in [0.3, 0.4) is 0 Å². The number of likely N-dealkylation sites (N-methyl/N-ethyl adjacent to an activating group) is 2. The summed E-state index contributed by atoms with van der Waals surface area (Å²) in [7, 11) is 0. The molecule has 4 nitrogen and oxygen atoms in total. The van der Waals surface area contributed by atoms with E-state index in [1.54, 1.807) is 0 Å². The van der Waals surface area contributed by atoms with E-state index in [0.717, 1.165) is 45.2 Å². The molecule has 0 aliphatic heterocycles. The van der Waals surface area contributed by atoms with E-state index in [0.29, 0.717) is 0 Å². The van der Waals surface area contributed by atoms with Crippen LogP contribution in [0.2, 0.25) is 0 Å². The summed E-state index contributed by atoms with van der Waals surface area (Å²) in [4.78, 5) is 2.37. The van der Waals surface area contributed by atoms with Gasteiger partial charge in [-0.25, -0.2) is 0 Å². The van der Waals surface area contributed by atoms with Gasteiger partial charge in [0.05, 0.1) is 6.17 Å². The van der Waals surface area contributed by atoms with Crippen molar-refractivity contribution in [3.05, 3.63) is 0 Å². The zero-order chi connectivity index (χ0) is 13.9. The van der Waals surface area contributed by atoms with Gasteiger partial charge in [0.15, 0.2) is 0 Å². The molecule has 1 fully saturated rings. The molecule has 1 atom stereocenters. The molecule has 4 N–H and O–H groups in total. The van der Waals surface area contributed by atoms with Crippen molar-refractivity contribution in [2.24, 2.45) is 5.73 Å². The Morgan fingerprint density at radius 2 is 1.89 bits per heavy atom. The largest absolute Gasteiger partial charge is 0.316 e. The molecule has 0 amide bonds. The zero-order valence-electron chi connectivity index (χ0n) is 13.0. The minimum Gasteiger partial charge on any atom is -0.316 e. The van der Waals surface area contributed by atoms with Crippen LogP contribution in [0.4, 0.5) is 0 Å². The highest BCUT2D eigenvalue weighted by Gasteiger charge is 2.15. The molecule has 0 radical (unpaired) electrons. The predicted octanol–water partition coefficient (Wildman–Crippen LogP) is 1.52. The second-order valence-corrected chi connectivity index (χ2v) is 5.63. The third-order valence-corrected chi connectivity index (χ3v) is 4.18. The van der Waals surface area contributed by atoms with E-state index in [1.165, 1.54) is 32.1 Å². The first-order chi connectivity index (χ1) is 9.27. The lowest BCUT2D eigenvalue weighted by Crippen LogP contribution is -2.47. The molecular formula is C15H34N4. The molecule has 0 spiro atoms. The van der Waals surface area contributed by atoms with E-state index in [2.05, 4.69) is 29.4 Å². The molecule has 0 heterocycles. The topological polar surface area (TPSA) is 53.3 Å². The van der Waals surface area contributed by atoms with Crippen LogP contribution in [0.15, 0.2) is 0 Å². The maximum Gasteiger partial charge on any atom is 0.0584 e. The summed E-state index contributed by atoms with van der Waals surface area (Å²) in [6.45, 7) is 9.56. The highest BCUT2D eigenvalue weighted by molar-refractivity contribution is 4.73. The molecule has 1 aliphatic carbocycles. The Morgan fingerprint density at radius 3 is 2.53 bits per heavy atom. The van der Waals surface area contributed by atoms with E-state index in [-0.39, 0.29) is 6.17 Å². The van der Waals surface area contributed by atoms with E-state index in [9.17, 15) is 0 Å². The second kappa shape index (κ2) is 10.6. The van der Waals surface area contributed by atoms with Gasteiger partial charge in [0.1, 0.15) is 0 Å². The van der Waals surface area contributed by atoms with Crippen LogP contribution in [0.5, 0.6) is 0 Å². The van der Waals surface area contributed by atoms with E-state index in [4.69, 9.17) is 5.73 Å². The molecule has 1 unspecified atom stereocenters. The molecule has 0 bridgehead atoms. The van der Waals surface area contributed by atoms with Crippen LogP contribution in [0.1, 0.15) is 52.4 Å². The standard InChI is InChI=1S/C15H34N4/c1-3-17-12-13-19(4-2)15(16)10-11-18-14-8-6-5-7-9-14/h14-15,17-18H,3-13,16H2,1-2H3. The van der Waals surface area contributed by atoms with Crippen LogP contribution in [0.25, 0.3) is 0 Å². The quantitative estimate of drug-likeness (QED) is 0.416. The van der Waals surface area contributed by atoms with Gasteiger partial charge >= 0.3 is 0 Å². The molecule has 1 saturated carbocycles.